The highest BCUT2D eigenvalue weighted by Crippen LogP contribution is 2.22. The summed E-state index contributed by atoms with van der Waals surface area (Å²) >= 11 is 0. The van der Waals surface area contributed by atoms with Crippen LogP contribution in [0.1, 0.15) is 6.92 Å². The van der Waals surface area contributed by atoms with Crippen molar-refractivity contribution in [2.45, 2.75) is 12.6 Å². The van der Waals surface area contributed by atoms with Crippen molar-refractivity contribution in [2.24, 2.45) is 5.73 Å². The summed E-state index contributed by atoms with van der Waals surface area (Å²) in [6.07, 6.45) is 5.09. The molecule has 1 aliphatic rings. The quantitative estimate of drug-likeness (QED) is 0.523. The highest BCUT2D eigenvalue weighted by atomic mass is 19.1. The van der Waals surface area contributed by atoms with Crippen LogP contribution < -0.4 is 11.1 Å². The van der Waals surface area contributed by atoms with E-state index in [0.29, 0.717) is 0 Å². The molecule has 4 nitrogen and oxygen atoms in total. The molecule has 0 saturated heterocycles. The van der Waals surface area contributed by atoms with E-state index in [0.717, 1.165) is 6.08 Å². The average molecular weight is 212 g/mol. The fourth-order valence-electron chi connectivity index (χ4n) is 1.18. The Bertz CT molecular complexity index is 356. The molecule has 1 heterocycles. The minimum atomic E-state index is -1.02. The Balaban J connectivity index is 2.95. The lowest BCUT2D eigenvalue weighted by atomic mass is 9.98. The number of esters is 1. The molecule has 0 aromatic rings. The summed E-state index contributed by atoms with van der Waals surface area (Å²) in [6, 6.07) is 0. The third kappa shape index (κ3) is 2.66. The van der Waals surface area contributed by atoms with Crippen LogP contribution in [0.2, 0.25) is 0 Å². The molecule has 82 valence electrons. The van der Waals surface area contributed by atoms with Crippen LogP contribution in [-0.2, 0) is 9.53 Å². The van der Waals surface area contributed by atoms with Gasteiger partial charge in [-0.05, 0) is 19.1 Å². The molecule has 0 aliphatic carbocycles. The minimum Gasteiger partial charge on any atom is -0.466 e. The van der Waals surface area contributed by atoms with Crippen LogP contribution in [0, 0.1) is 0 Å². The lowest BCUT2D eigenvalue weighted by Crippen LogP contribution is -2.51. The second-order valence-electron chi connectivity index (χ2n) is 3.30. The number of halogens is 1. The summed E-state index contributed by atoms with van der Waals surface area (Å²) in [7, 11) is 1.25. The Morgan fingerprint density at radius 1 is 1.73 bits per heavy atom. The molecule has 0 spiro atoms. The molecule has 1 rings (SSSR count). The number of allylic oxidation sites excluding steroid dienone is 2. The van der Waals surface area contributed by atoms with Crippen molar-refractivity contribution in [1.82, 2.24) is 5.32 Å². The van der Waals surface area contributed by atoms with E-state index in [2.05, 4.69) is 10.1 Å². The van der Waals surface area contributed by atoms with Crippen LogP contribution in [-0.4, -0.2) is 18.7 Å². The fourth-order valence-corrected chi connectivity index (χ4v) is 1.18. The van der Waals surface area contributed by atoms with Crippen molar-refractivity contribution < 1.29 is 13.9 Å². The Morgan fingerprint density at radius 2 is 2.40 bits per heavy atom. The van der Waals surface area contributed by atoms with Crippen LogP contribution in [0.5, 0.6) is 0 Å². The van der Waals surface area contributed by atoms with E-state index in [9.17, 15) is 9.18 Å². The number of dihydropyridines is 1. The van der Waals surface area contributed by atoms with Crippen LogP contribution in [0.25, 0.3) is 0 Å². The number of carbonyl (C=O) groups is 1. The summed E-state index contributed by atoms with van der Waals surface area (Å²) in [4.78, 5) is 10.8. The summed E-state index contributed by atoms with van der Waals surface area (Å²) in [5.74, 6) is -1.03. The molecule has 0 bridgehead atoms. The normalized spacial score (nSPS) is 25.6. The van der Waals surface area contributed by atoms with Crippen molar-refractivity contribution in [3.63, 3.8) is 0 Å². The van der Waals surface area contributed by atoms with E-state index in [1.807, 2.05) is 0 Å². The summed E-state index contributed by atoms with van der Waals surface area (Å²) in [6.45, 7) is 1.60. The minimum absolute atomic E-state index is 0.204. The van der Waals surface area contributed by atoms with Crippen molar-refractivity contribution in [1.29, 1.82) is 0 Å². The molecular formula is C10H13FN2O2. The second-order valence-corrected chi connectivity index (χ2v) is 3.30. The van der Waals surface area contributed by atoms with Gasteiger partial charge in [-0.25, -0.2) is 9.18 Å². The van der Waals surface area contributed by atoms with Gasteiger partial charge in [-0.15, -0.1) is 0 Å². The highest BCUT2D eigenvalue weighted by molar-refractivity contribution is 5.82. The molecule has 0 fully saturated rings. The predicted molar refractivity (Wildman–Crippen MR) is 54.2 cm³/mol. The average Bonchev–Trinajstić information content (AvgIpc) is 2.15. The largest absolute Gasteiger partial charge is 0.466 e. The number of hydrogen-bond donors (Lipinski definition) is 2. The zero-order chi connectivity index (χ0) is 11.5. The van der Waals surface area contributed by atoms with Crippen LogP contribution in [0.15, 0.2) is 35.8 Å². The number of nitrogens with one attached hydrogen (secondary N) is 1. The summed E-state index contributed by atoms with van der Waals surface area (Å²) in [5, 5.41) is 2.78. The first-order chi connectivity index (χ1) is 6.97. The maximum absolute atomic E-state index is 13.4. The summed E-state index contributed by atoms with van der Waals surface area (Å²) < 4.78 is 17.8. The molecule has 1 unspecified atom stereocenters. The van der Waals surface area contributed by atoms with Crippen molar-refractivity contribution in [3.8, 4) is 0 Å². The molecule has 3 N–H and O–H groups in total. The van der Waals surface area contributed by atoms with Gasteiger partial charge in [-0.2, -0.15) is 0 Å². The number of rotatable bonds is 2. The Kier molecular flexibility index (Phi) is 3.26. The summed E-state index contributed by atoms with van der Waals surface area (Å²) in [5.41, 5.74) is 4.96. The molecule has 0 radical (unpaired) electrons. The maximum Gasteiger partial charge on any atom is 0.330 e. The zero-order valence-corrected chi connectivity index (χ0v) is 8.58. The van der Waals surface area contributed by atoms with Crippen LogP contribution in [0.3, 0.4) is 0 Å². The smallest absolute Gasteiger partial charge is 0.330 e. The lowest BCUT2D eigenvalue weighted by Gasteiger charge is -2.29. The van der Waals surface area contributed by atoms with E-state index in [1.54, 1.807) is 6.92 Å². The number of ether oxygens (including phenoxy) is 1. The third-order valence-corrected chi connectivity index (χ3v) is 2.02. The first kappa shape index (κ1) is 11.5. The van der Waals surface area contributed by atoms with Gasteiger partial charge in [0.1, 0.15) is 11.5 Å². The highest BCUT2D eigenvalue weighted by Gasteiger charge is 2.26. The number of nitrogens with two attached hydrogens (primary N) is 1. The van der Waals surface area contributed by atoms with E-state index >= 15 is 0 Å². The lowest BCUT2D eigenvalue weighted by molar-refractivity contribution is -0.134. The first-order valence-corrected chi connectivity index (χ1v) is 4.37. The van der Waals surface area contributed by atoms with Gasteiger partial charge in [0.2, 0.25) is 0 Å². The van der Waals surface area contributed by atoms with Gasteiger partial charge in [0, 0.05) is 17.8 Å². The van der Waals surface area contributed by atoms with E-state index < -0.39 is 17.5 Å². The molecule has 15 heavy (non-hydrogen) atoms. The molecule has 0 amide bonds. The Labute approximate surface area is 87.3 Å². The van der Waals surface area contributed by atoms with Crippen molar-refractivity contribution >= 4 is 5.97 Å². The number of methoxy groups -OCH3 is 1. The molecule has 0 saturated carbocycles. The van der Waals surface area contributed by atoms with Crippen LogP contribution in [0.4, 0.5) is 4.39 Å². The second kappa shape index (κ2) is 4.27. The zero-order valence-electron chi connectivity index (χ0n) is 8.58. The molecule has 0 aromatic heterocycles. The molecular weight excluding hydrogens is 199 g/mol. The van der Waals surface area contributed by atoms with Gasteiger partial charge in [-0.1, -0.05) is 0 Å². The monoisotopic (exact) mass is 212 g/mol. The number of carbonyl (C=O) groups excluding carboxylic acids is 1. The topological polar surface area (TPSA) is 64.3 Å². The Hall–Kier alpha value is -1.62. The maximum atomic E-state index is 13.4. The van der Waals surface area contributed by atoms with Crippen molar-refractivity contribution in [2.75, 3.05) is 7.11 Å². The van der Waals surface area contributed by atoms with Gasteiger partial charge in [-0.3, -0.25) is 0 Å². The van der Waals surface area contributed by atoms with Gasteiger partial charge in [0.05, 0.1) is 7.11 Å². The molecule has 5 heteroatoms. The number of hydrogen-bond acceptors (Lipinski definition) is 4. The Morgan fingerprint density at radius 3 is 2.93 bits per heavy atom. The van der Waals surface area contributed by atoms with E-state index in [1.165, 1.54) is 25.5 Å². The standard InChI is InChI=1S/C10H13FN2O2/c1-10(12)7(3-4-9(14)15-2)8(11)5-6-13-10/h3-6,13H,12H2,1-2H3/b4-3+. The van der Waals surface area contributed by atoms with E-state index in [4.69, 9.17) is 5.73 Å². The molecule has 1 atom stereocenters. The van der Waals surface area contributed by atoms with Gasteiger partial charge in [0.15, 0.2) is 0 Å². The SMILES string of the molecule is COC(=O)/C=C/C1=C(F)C=CNC1(C)N. The third-order valence-electron chi connectivity index (χ3n) is 2.02. The molecule has 0 aromatic carbocycles. The van der Waals surface area contributed by atoms with Gasteiger partial charge in [0.25, 0.3) is 0 Å². The van der Waals surface area contributed by atoms with E-state index in [-0.39, 0.29) is 5.57 Å². The van der Waals surface area contributed by atoms with Crippen LogP contribution >= 0.6 is 0 Å². The molecule has 1 aliphatic heterocycles. The van der Waals surface area contributed by atoms with Gasteiger partial charge < -0.3 is 15.8 Å². The van der Waals surface area contributed by atoms with Crippen molar-refractivity contribution in [3.05, 3.63) is 35.8 Å². The first-order valence-electron chi connectivity index (χ1n) is 4.37. The fraction of sp³-hybridized carbons (Fsp3) is 0.300. The predicted octanol–water partition coefficient (Wildman–Crippen LogP) is 0.731. The van der Waals surface area contributed by atoms with Gasteiger partial charge >= 0.3 is 5.97 Å².